The first-order valence-corrected chi connectivity index (χ1v) is 5.79. The van der Waals surface area contributed by atoms with E-state index in [-0.39, 0.29) is 23.2 Å². The summed E-state index contributed by atoms with van der Waals surface area (Å²) in [6, 6.07) is 2.95. The molecule has 0 spiro atoms. The SMILES string of the molecule is CC(C)c1ccc(F)c(C2CCNC2)c1F. The van der Waals surface area contributed by atoms with E-state index in [1.807, 2.05) is 13.8 Å². The quantitative estimate of drug-likeness (QED) is 0.815. The van der Waals surface area contributed by atoms with Crippen molar-refractivity contribution in [3.8, 4) is 0 Å². The molecule has 1 aromatic carbocycles. The summed E-state index contributed by atoms with van der Waals surface area (Å²) in [7, 11) is 0. The van der Waals surface area contributed by atoms with Crippen LogP contribution in [0, 0.1) is 11.6 Å². The van der Waals surface area contributed by atoms with Crippen LogP contribution in [-0.4, -0.2) is 13.1 Å². The molecule has 0 aliphatic carbocycles. The molecule has 2 rings (SSSR count). The molecule has 1 atom stereocenters. The average molecular weight is 225 g/mol. The van der Waals surface area contributed by atoms with Crippen molar-refractivity contribution < 1.29 is 8.78 Å². The lowest BCUT2D eigenvalue weighted by Crippen LogP contribution is -2.12. The molecule has 88 valence electrons. The molecular weight excluding hydrogens is 208 g/mol. The Morgan fingerprint density at radius 2 is 2.06 bits per heavy atom. The third-order valence-corrected chi connectivity index (χ3v) is 3.25. The van der Waals surface area contributed by atoms with E-state index in [1.165, 1.54) is 6.07 Å². The molecule has 0 bridgehead atoms. The van der Waals surface area contributed by atoms with Gasteiger partial charge >= 0.3 is 0 Å². The van der Waals surface area contributed by atoms with Crippen molar-refractivity contribution in [1.82, 2.24) is 5.32 Å². The molecule has 1 aliphatic rings. The minimum absolute atomic E-state index is 0.0151. The zero-order valence-electron chi connectivity index (χ0n) is 9.69. The summed E-state index contributed by atoms with van der Waals surface area (Å²) in [5.41, 5.74) is 0.888. The second kappa shape index (κ2) is 4.50. The number of halogens is 2. The van der Waals surface area contributed by atoms with Gasteiger partial charge in [0.25, 0.3) is 0 Å². The first kappa shape index (κ1) is 11.5. The van der Waals surface area contributed by atoms with Crippen LogP contribution in [0.3, 0.4) is 0 Å². The standard InChI is InChI=1S/C13H17F2N/c1-8(2)10-3-4-11(14)12(13(10)15)9-5-6-16-7-9/h3-4,8-9,16H,5-7H2,1-2H3. The van der Waals surface area contributed by atoms with Crippen molar-refractivity contribution in [2.45, 2.75) is 32.1 Å². The second-order valence-electron chi connectivity index (χ2n) is 4.71. The highest BCUT2D eigenvalue weighted by Gasteiger charge is 2.25. The molecule has 1 nitrogen and oxygen atoms in total. The minimum atomic E-state index is -0.407. The Balaban J connectivity index is 2.45. The number of hydrogen-bond acceptors (Lipinski definition) is 1. The summed E-state index contributed by atoms with van der Waals surface area (Å²) in [6.45, 7) is 5.37. The van der Waals surface area contributed by atoms with Crippen molar-refractivity contribution in [2.75, 3.05) is 13.1 Å². The van der Waals surface area contributed by atoms with E-state index in [4.69, 9.17) is 0 Å². The van der Waals surface area contributed by atoms with Crippen molar-refractivity contribution in [1.29, 1.82) is 0 Å². The fraction of sp³-hybridized carbons (Fsp3) is 0.538. The number of rotatable bonds is 2. The maximum atomic E-state index is 14.2. The van der Waals surface area contributed by atoms with Gasteiger partial charge in [0, 0.05) is 18.0 Å². The third-order valence-electron chi connectivity index (χ3n) is 3.25. The van der Waals surface area contributed by atoms with Crippen LogP contribution in [0.25, 0.3) is 0 Å². The van der Waals surface area contributed by atoms with Crippen LogP contribution < -0.4 is 5.32 Å². The lowest BCUT2D eigenvalue weighted by molar-refractivity contribution is 0.518. The highest BCUT2D eigenvalue weighted by Crippen LogP contribution is 2.31. The van der Waals surface area contributed by atoms with E-state index >= 15 is 0 Å². The van der Waals surface area contributed by atoms with E-state index < -0.39 is 5.82 Å². The summed E-state index contributed by atoms with van der Waals surface area (Å²) in [5.74, 6) is -0.674. The molecule has 1 N–H and O–H groups in total. The Labute approximate surface area is 94.9 Å². The summed E-state index contributed by atoms with van der Waals surface area (Å²) < 4.78 is 27.8. The fourth-order valence-electron chi connectivity index (χ4n) is 2.31. The van der Waals surface area contributed by atoms with Crippen LogP contribution in [0.15, 0.2) is 12.1 Å². The minimum Gasteiger partial charge on any atom is -0.316 e. The van der Waals surface area contributed by atoms with Gasteiger partial charge in [-0.15, -0.1) is 0 Å². The van der Waals surface area contributed by atoms with Crippen molar-refractivity contribution >= 4 is 0 Å². The van der Waals surface area contributed by atoms with Crippen LogP contribution in [0.5, 0.6) is 0 Å². The van der Waals surface area contributed by atoms with E-state index in [2.05, 4.69) is 5.32 Å². The monoisotopic (exact) mass is 225 g/mol. The van der Waals surface area contributed by atoms with Crippen molar-refractivity contribution in [3.05, 3.63) is 34.9 Å². The lowest BCUT2D eigenvalue weighted by Gasteiger charge is -2.16. The van der Waals surface area contributed by atoms with Gasteiger partial charge in [-0.2, -0.15) is 0 Å². The Kier molecular flexibility index (Phi) is 3.24. The lowest BCUT2D eigenvalue weighted by atomic mass is 9.92. The highest BCUT2D eigenvalue weighted by atomic mass is 19.1. The van der Waals surface area contributed by atoms with Crippen LogP contribution in [-0.2, 0) is 0 Å². The zero-order chi connectivity index (χ0) is 11.7. The number of nitrogens with one attached hydrogen (secondary N) is 1. The van der Waals surface area contributed by atoms with Crippen molar-refractivity contribution in [3.63, 3.8) is 0 Å². The zero-order valence-corrected chi connectivity index (χ0v) is 9.69. The first-order chi connectivity index (χ1) is 7.61. The molecule has 0 aromatic heterocycles. The second-order valence-corrected chi connectivity index (χ2v) is 4.71. The Morgan fingerprint density at radius 1 is 1.31 bits per heavy atom. The molecule has 1 unspecified atom stereocenters. The molecule has 1 heterocycles. The molecule has 0 radical (unpaired) electrons. The Hall–Kier alpha value is -0.960. The maximum absolute atomic E-state index is 14.2. The molecular formula is C13H17F2N. The third kappa shape index (κ3) is 1.96. The van der Waals surface area contributed by atoms with Gasteiger partial charge < -0.3 is 5.32 Å². The summed E-state index contributed by atoms with van der Waals surface area (Å²) >= 11 is 0. The Morgan fingerprint density at radius 3 is 2.62 bits per heavy atom. The van der Waals surface area contributed by atoms with Gasteiger partial charge in [0.15, 0.2) is 0 Å². The molecule has 16 heavy (non-hydrogen) atoms. The van der Waals surface area contributed by atoms with E-state index in [1.54, 1.807) is 6.07 Å². The van der Waals surface area contributed by atoms with E-state index in [9.17, 15) is 8.78 Å². The topological polar surface area (TPSA) is 12.0 Å². The highest BCUT2D eigenvalue weighted by molar-refractivity contribution is 5.32. The predicted octanol–water partition coefficient (Wildman–Crippen LogP) is 3.17. The van der Waals surface area contributed by atoms with Gasteiger partial charge in [-0.3, -0.25) is 0 Å². The normalized spacial score (nSPS) is 20.7. The number of hydrogen-bond donors (Lipinski definition) is 1. The van der Waals surface area contributed by atoms with Crippen LogP contribution in [0.2, 0.25) is 0 Å². The molecule has 1 aromatic rings. The van der Waals surface area contributed by atoms with Crippen LogP contribution in [0.1, 0.15) is 43.2 Å². The molecule has 0 saturated carbocycles. The number of benzene rings is 1. The van der Waals surface area contributed by atoms with Crippen LogP contribution >= 0.6 is 0 Å². The van der Waals surface area contributed by atoms with Gasteiger partial charge in [-0.25, -0.2) is 8.78 Å². The van der Waals surface area contributed by atoms with Gasteiger partial charge in [-0.05, 0) is 30.5 Å². The summed E-state index contributed by atoms with van der Waals surface area (Å²) in [4.78, 5) is 0. The van der Waals surface area contributed by atoms with Gasteiger partial charge in [0.1, 0.15) is 11.6 Å². The van der Waals surface area contributed by atoms with Gasteiger partial charge in [-0.1, -0.05) is 19.9 Å². The molecule has 1 aliphatic heterocycles. The average Bonchev–Trinajstić information content (AvgIpc) is 2.70. The summed E-state index contributed by atoms with van der Waals surface area (Å²) in [6.07, 6.45) is 0.815. The summed E-state index contributed by atoms with van der Waals surface area (Å²) in [5, 5.41) is 3.14. The largest absolute Gasteiger partial charge is 0.316 e. The predicted molar refractivity (Wildman–Crippen MR) is 60.7 cm³/mol. The van der Waals surface area contributed by atoms with Crippen molar-refractivity contribution in [2.24, 2.45) is 0 Å². The molecule has 3 heteroatoms. The van der Waals surface area contributed by atoms with E-state index in [0.717, 1.165) is 13.0 Å². The molecule has 0 amide bonds. The van der Waals surface area contributed by atoms with E-state index in [0.29, 0.717) is 12.1 Å². The first-order valence-electron chi connectivity index (χ1n) is 5.79. The van der Waals surface area contributed by atoms with Gasteiger partial charge in [0.2, 0.25) is 0 Å². The Bertz CT molecular complexity index is 382. The maximum Gasteiger partial charge on any atom is 0.133 e. The molecule has 1 saturated heterocycles. The molecule has 1 fully saturated rings. The smallest absolute Gasteiger partial charge is 0.133 e. The van der Waals surface area contributed by atoms with Gasteiger partial charge in [0.05, 0.1) is 0 Å². The van der Waals surface area contributed by atoms with Crippen LogP contribution in [0.4, 0.5) is 8.78 Å². The fourth-order valence-corrected chi connectivity index (χ4v) is 2.31.